The third-order valence-electron chi connectivity index (χ3n) is 3.15. The van der Waals surface area contributed by atoms with Gasteiger partial charge in [-0.15, -0.1) is 0 Å². The first-order valence-corrected chi connectivity index (χ1v) is 6.03. The van der Waals surface area contributed by atoms with E-state index in [9.17, 15) is 10.1 Å². The van der Waals surface area contributed by atoms with Crippen molar-refractivity contribution in [3.8, 4) is 0 Å². The molecular weight excluding hydrogens is 244 g/mol. The summed E-state index contributed by atoms with van der Waals surface area (Å²) in [5.41, 5.74) is 3.59. The molecule has 0 aliphatic heterocycles. The van der Waals surface area contributed by atoms with E-state index in [4.69, 9.17) is 4.42 Å². The molecule has 0 aliphatic carbocycles. The van der Waals surface area contributed by atoms with Crippen molar-refractivity contribution in [2.75, 3.05) is 5.32 Å². The molecule has 0 aliphatic rings. The van der Waals surface area contributed by atoms with Crippen LogP contribution in [0.5, 0.6) is 0 Å². The Morgan fingerprint density at radius 2 is 2.05 bits per heavy atom. The molecule has 0 radical (unpaired) electrons. The van der Waals surface area contributed by atoms with Crippen LogP contribution in [0.4, 0.5) is 11.4 Å². The van der Waals surface area contributed by atoms with E-state index in [1.807, 2.05) is 26.0 Å². The predicted octanol–water partition coefficient (Wildman–Crippen LogP) is 3.98. The van der Waals surface area contributed by atoms with Crippen LogP contribution in [0.2, 0.25) is 0 Å². The van der Waals surface area contributed by atoms with Crippen molar-refractivity contribution in [2.45, 2.75) is 26.8 Å². The van der Waals surface area contributed by atoms with Crippen molar-refractivity contribution in [3.63, 3.8) is 0 Å². The van der Waals surface area contributed by atoms with Gasteiger partial charge in [0.15, 0.2) is 0 Å². The minimum absolute atomic E-state index is 0.0818. The second-order valence-corrected chi connectivity index (χ2v) is 4.63. The van der Waals surface area contributed by atoms with Gasteiger partial charge in [-0.1, -0.05) is 0 Å². The van der Waals surface area contributed by atoms with Gasteiger partial charge in [-0.25, -0.2) is 0 Å². The maximum Gasteiger partial charge on any atom is 0.272 e. The molecule has 1 N–H and O–H groups in total. The number of nitrogens with zero attached hydrogens (tertiary/aromatic N) is 1. The molecule has 2 rings (SSSR count). The summed E-state index contributed by atoms with van der Waals surface area (Å²) in [6, 6.07) is 5.38. The number of rotatable bonds is 4. The van der Waals surface area contributed by atoms with E-state index in [0.29, 0.717) is 5.56 Å². The Bertz CT molecular complexity index is 591. The normalized spacial score (nSPS) is 12.2. The zero-order valence-electron chi connectivity index (χ0n) is 11.1. The molecule has 19 heavy (non-hydrogen) atoms. The molecule has 1 atom stereocenters. The highest BCUT2D eigenvalue weighted by Gasteiger charge is 2.15. The lowest BCUT2D eigenvalue weighted by atomic mass is 10.1. The second kappa shape index (κ2) is 5.14. The molecular formula is C14H16N2O3. The van der Waals surface area contributed by atoms with Gasteiger partial charge in [0.2, 0.25) is 0 Å². The van der Waals surface area contributed by atoms with Crippen molar-refractivity contribution in [1.82, 2.24) is 0 Å². The molecule has 5 nitrogen and oxygen atoms in total. The minimum atomic E-state index is -0.356. The summed E-state index contributed by atoms with van der Waals surface area (Å²) < 4.78 is 5.05. The van der Waals surface area contributed by atoms with E-state index in [1.165, 1.54) is 0 Å². The molecule has 0 amide bonds. The average Bonchev–Trinajstić information content (AvgIpc) is 2.86. The number of nitrogens with one attached hydrogen (secondary N) is 1. The average molecular weight is 260 g/mol. The van der Waals surface area contributed by atoms with Gasteiger partial charge in [0.1, 0.15) is 0 Å². The number of nitro benzene ring substituents is 1. The number of benzene rings is 1. The first-order chi connectivity index (χ1) is 8.99. The Balaban J connectivity index is 2.26. The van der Waals surface area contributed by atoms with Gasteiger partial charge in [-0.2, -0.15) is 0 Å². The quantitative estimate of drug-likeness (QED) is 0.667. The Morgan fingerprint density at radius 3 is 2.63 bits per heavy atom. The van der Waals surface area contributed by atoms with Crippen LogP contribution in [0.25, 0.3) is 0 Å². The molecule has 1 aromatic carbocycles. The van der Waals surface area contributed by atoms with Gasteiger partial charge >= 0.3 is 0 Å². The van der Waals surface area contributed by atoms with Gasteiger partial charge in [-0.05, 0) is 38.5 Å². The molecule has 0 saturated heterocycles. The van der Waals surface area contributed by atoms with Crippen molar-refractivity contribution in [2.24, 2.45) is 0 Å². The summed E-state index contributed by atoms with van der Waals surface area (Å²) in [7, 11) is 0. The van der Waals surface area contributed by atoms with Crippen LogP contribution in [-0.2, 0) is 0 Å². The first kappa shape index (κ1) is 13.1. The van der Waals surface area contributed by atoms with Crippen molar-refractivity contribution >= 4 is 11.4 Å². The monoisotopic (exact) mass is 260 g/mol. The third-order valence-corrected chi connectivity index (χ3v) is 3.15. The summed E-state index contributed by atoms with van der Waals surface area (Å²) in [6.07, 6.45) is 3.31. The Hall–Kier alpha value is -2.30. The summed E-state index contributed by atoms with van der Waals surface area (Å²) >= 11 is 0. The van der Waals surface area contributed by atoms with E-state index >= 15 is 0 Å². The van der Waals surface area contributed by atoms with Crippen molar-refractivity contribution < 1.29 is 9.34 Å². The van der Waals surface area contributed by atoms with Crippen LogP contribution >= 0.6 is 0 Å². The van der Waals surface area contributed by atoms with Crippen LogP contribution in [0, 0.1) is 24.0 Å². The van der Waals surface area contributed by atoms with E-state index in [0.717, 1.165) is 16.8 Å². The maximum absolute atomic E-state index is 10.9. The largest absolute Gasteiger partial charge is 0.472 e. The van der Waals surface area contributed by atoms with Gasteiger partial charge in [0.25, 0.3) is 5.69 Å². The molecule has 5 heteroatoms. The standard InChI is InChI=1S/C14H16N2O3/c1-9-7-14(16(17)18)10(2)6-13(9)15-11(3)12-4-5-19-8-12/h4-8,11,15H,1-3H3. The van der Waals surface area contributed by atoms with Crippen LogP contribution in [0.15, 0.2) is 35.1 Å². The molecule has 1 aromatic heterocycles. The fourth-order valence-corrected chi connectivity index (χ4v) is 1.99. The molecule has 0 saturated carbocycles. The Labute approximate surface area is 111 Å². The lowest BCUT2D eigenvalue weighted by Crippen LogP contribution is -2.07. The van der Waals surface area contributed by atoms with E-state index in [1.54, 1.807) is 25.5 Å². The minimum Gasteiger partial charge on any atom is -0.472 e. The number of aryl methyl sites for hydroxylation is 2. The van der Waals surface area contributed by atoms with Gasteiger partial charge in [0.05, 0.1) is 23.5 Å². The SMILES string of the molecule is Cc1cc([N+](=O)[O-])c(C)cc1NC(C)c1ccoc1. The van der Waals surface area contributed by atoms with Crippen molar-refractivity contribution in [3.05, 3.63) is 57.5 Å². The third kappa shape index (κ3) is 2.76. The van der Waals surface area contributed by atoms with Crippen LogP contribution < -0.4 is 5.32 Å². The highest BCUT2D eigenvalue weighted by Crippen LogP contribution is 2.28. The van der Waals surface area contributed by atoms with Crippen molar-refractivity contribution in [1.29, 1.82) is 0 Å². The molecule has 2 aromatic rings. The van der Waals surface area contributed by atoms with Crippen LogP contribution in [0.1, 0.15) is 29.7 Å². The van der Waals surface area contributed by atoms with Gasteiger partial charge < -0.3 is 9.73 Å². The predicted molar refractivity (Wildman–Crippen MR) is 73.3 cm³/mol. The van der Waals surface area contributed by atoms with E-state index in [2.05, 4.69) is 5.32 Å². The molecule has 0 bridgehead atoms. The highest BCUT2D eigenvalue weighted by molar-refractivity contribution is 5.60. The number of anilines is 1. The number of nitro groups is 1. The zero-order valence-corrected chi connectivity index (χ0v) is 11.1. The summed E-state index contributed by atoms with van der Waals surface area (Å²) in [6.45, 7) is 5.61. The first-order valence-electron chi connectivity index (χ1n) is 6.03. The smallest absolute Gasteiger partial charge is 0.272 e. The molecule has 0 fully saturated rings. The molecule has 1 unspecified atom stereocenters. The summed E-state index contributed by atoms with van der Waals surface area (Å²) in [5, 5.41) is 14.2. The lowest BCUT2D eigenvalue weighted by molar-refractivity contribution is -0.385. The Kier molecular flexibility index (Phi) is 3.55. The van der Waals surface area contributed by atoms with Gasteiger partial charge in [0, 0.05) is 22.9 Å². The number of hydrogen-bond donors (Lipinski definition) is 1. The maximum atomic E-state index is 10.9. The summed E-state index contributed by atoms with van der Waals surface area (Å²) in [4.78, 5) is 10.5. The zero-order chi connectivity index (χ0) is 14.0. The lowest BCUT2D eigenvalue weighted by Gasteiger charge is -2.16. The Morgan fingerprint density at radius 1 is 1.32 bits per heavy atom. The van der Waals surface area contributed by atoms with Crippen LogP contribution in [0.3, 0.4) is 0 Å². The molecule has 0 spiro atoms. The van der Waals surface area contributed by atoms with Crippen LogP contribution in [-0.4, -0.2) is 4.92 Å². The fourth-order valence-electron chi connectivity index (χ4n) is 1.99. The highest BCUT2D eigenvalue weighted by atomic mass is 16.6. The molecule has 100 valence electrons. The topological polar surface area (TPSA) is 68.3 Å². The molecule has 1 heterocycles. The van der Waals surface area contributed by atoms with E-state index < -0.39 is 0 Å². The van der Waals surface area contributed by atoms with E-state index in [-0.39, 0.29) is 16.7 Å². The number of furan rings is 1. The summed E-state index contributed by atoms with van der Waals surface area (Å²) in [5.74, 6) is 0. The van der Waals surface area contributed by atoms with Gasteiger partial charge in [-0.3, -0.25) is 10.1 Å². The number of hydrogen-bond acceptors (Lipinski definition) is 4. The second-order valence-electron chi connectivity index (χ2n) is 4.63. The fraction of sp³-hybridized carbons (Fsp3) is 0.286.